The van der Waals surface area contributed by atoms with E-state index in [0.29, 0.717) is 34.3 Å². The van der Waals surface area contributed by atoms with E-state index in [2.05, 4.69) is 11.1 Å². The molecule has 0 radical (unpaired) electrons. The molecule has 0 aromatic carbocycles. The number of aliphatic hydroxyl groups excluding tert-OH is 1. The Bertz CT molecular complexity index is 969. The Morgan fingerprint density at radius 1 is 1.33 bits per heavy atom. The zero-order valence-electron chi connectivity index (χ0n) is 12.6. The molecule has 3 rings (SSSR count). The molecule has 3 aromatic heterocycles. The fourth-order valence-corrected chi connectivity index (χ4v) is 4.79. The van der Waals surface area contributed by atoms with Crippen LogP contribution in [-0.2, 0) is 13.0 Å². The van der Waals surface area contributed by atoms with Gasteiger partial charge in [-0.3, -0.25) is 4.79 Å². The summed E-state index contributed by atoms with van der Waals surface area (Å²) in [6, 6.07) is 5.98. The lowest BCUT2D eigenvalue weighted by molar-refractivity contribution is 0.100. The molecule has 3 aromatic rings. The van der Waals surface area contributed by atoms with Gasteiger partial charge in [0, 0.05) is 32.6 Å². The highest BCUT2D eigenvalue weighted by atomic mass is 32.1. The van der Waals surface area contributed by atoms with E-state index in [1.165, 1.54) is 28.9 Å². The number of aliphatic hydroxyl groups is 1. The Morgan fingerprint density at radius 3 is 2.75 bits per heavy atom. The number of nitrogens with two attached hydrogens (primary N) is 2. The Morgan fingerprint density at radius 2 is 2.08 bits per heavy atom. The number of pyridine rings is 1. The SMILES string of the molecule is N#CCCc1cc(-c2cc3c(N)ncc(C(N)=O)c3s2)sc1CO. The van der Waals surface area contributed by atoms with Crippen LogP contribution in [0.25, 0.3) is 19.8 Å². The molecule has 5 N–H and O–H groups in total. The number of hydrogen-bond donors (Lipinski definition) is 3. The third kappa shape index (κ3) is 2.85. The van der Waals surface area contributed by atoms with Crippen molar-refractivity contribution in [3.05, 3.63) is 34.3 Å². The van der Waals surface area contributed by atoms with Crippen LogP contribution in [0.3, 0.4) is 0 Å². The van der Waals surface area contributed by atoms with Crippen LogP contribution in [0.4, 0.5) is 5.82 Å². The topological polar surface area (TPSA) is 126 Å². The summed E-state index contributed by atoms with van der Waals surface area (Å²) in [5.41, 5.74) is 12.6. The predicted octanol–water partition coefficient (Wildman–Crippen LogP) is 2.65. The number of nitriles is 1. The average Bonchev–Trinajstić information content (AvgIpc) is 3.17. The van der Waals surface area contributed by atoms with Gasteiger partial charge in [0.1, 0.15) is 5.82 Å². The first kappa shape index (κ1) is 16.4. The largest absolute Gasteiger partial charge is 0.391 e. The third-order valence-corrected chi connectivity index (χ3v) is 6.17. The number of nitrogen functional groups attached to an aromatic ring is 1. The van der Waals surface area contributed by atoms with Gasteiger partial charge in [-0.25, -0.2) is 4.98 Å². The molecule has 122 valence electrons. The van der Waals surface area contributed by atoms with Crippen LogP contribution in [0.1, 0.15) is 27.2 Å². The van der Waals surface area contributed by atoms with Gasteiger partial charge in [-0.2, -0.15) is 5.26 Å². The smallest absolute Gasteiger partial charge is 0.251 e. The Kier molecular flexibility index (Phi) is 4.49. The fourth-order valence-electron chi connectivity index (χ4n) is 2.46. The number of primary amides is 1. The summed E-state index contributed by atoms with van der Waals surface area (Å²) in [6.45, 7) is -0.0629. The molecule has 0 aliphatic carbocycles. The Balaban J connectivity index is 2.12. The third-order valence-electron chi connectivity index (χ3n) is 3.64. The van der Waals surface area contributed by atoms with Crippen molar-refractivity contribution in [1.29, 1.82) is 5.26 Å². The first-order valence-corrected chi connectivity index (χ1v) is 8.76. The van der Waals surface area contributed by atoms with Gasteiger partial charge in [0.05, 0.1) is 22.9 Å². The molecule has 8 heteroatoms. The number of amides is 1. The van der Waals surface area contributed by atoms with E-state index in [1.807, 2.05) is 12.1 Å². The molecule has 0 unspecified atom stereocenters. The van der Waals surface area contributed by atoms with Crippen molar-refractivity contribution in [2.45, 2.75) is 19.4 Å². The van der Waals surface area contributed by atoms with Crippen molar-refractivity contribution in [2.24, 2.45) is 5.73 Å². The number of aromatic nitrogens is 1. The predicted molar refractivity (Wildman–Crippen MR) is 95.7 cm³/mol. The van der Waals surface area contributed by atoms with Gasteiger partial charge >= 0.3 is 0 Å². The van der Waals surface area contributed by atoms with Gasteiger partial charge < -0.3 is 16.6 Å². The lowest BCUT2D eigenvalue weighted by Crippen LogP contribution is -2.11. The second-order valence-corrected chi connectivity index (χ2v) is 7.34. The van der Waals surface area contributed by atoms with Crippen molar-refractivity contribution in [2.75, 3.05) is 5.73 Å². The first-order valence-electron chi connectivity index (χ1n) is 7.12. The molecule has 0 saturated heterocycles. The molecular formula is C16H14N4O2S2. The van der Waals surface area contributed by atoms with Crippen LogP contribution in [0.15, 0.2) is 18.3 Å². The van der Waals surface area contributed by atoms with Crippen molar-refractivity contribution in [3.8, 4) is 15.8 Å². The van der Waals surface area contributed by atoms with Crippen molar-refractivity contribution in [3.63, 3.8) is 0 Å². The number of hydrogen-bond acceptors (Lipinski definition) is 7. The number of fused-ring (bicyclic) bond motifs is 1. The summed E-state index contributed by atoms with van der Waals surface area (Å²) in [4.78, 5) is 18.3. The van der Waals surface area contributed by atoms with Crippen LogP contribution < -0.4 is 11.5 Å². The summed E-state index contributed by atoms with van der Waals surface area (Å²) in [5, 5.41) is 19.0. The molecule has 0 aliphatic rings. The first-order chi connectivity index (χ1) is 11.5. The number of aryl methyl sites for hydroxylation is 1. The number of anilines is 1. The highest BCUT2D eigenvalue weighted by Crippen LogP contribution is 2.41. The summed E-state index contributed by atoms with van der Waals surface area (Å²) in [7, 11) is 0. The van der Waals surface area contributed by atoms with Crippen LogP contribution in [-0.4, -0.2) is 16.0 Å². The van der Waals surface area contributed by atoms with Gasteiger partial charge in [0.2, 0.25) is 0 Å². The van der Waals surface area contributed by atoms with E-state index >= 15 is 0 Å². The number of carbonyl (C=O) groups excluding carboxylic acids is 1. The molecule has 0 saturated carbocycles. The molecule has 0 atom stereocenters. The minimum Gasteiger partial charge on any atom is -0.391 e. The van der Waals surface area contributed by atoms with Crippen LogP contribution >= 0.6 is 22.7 Å². The number of rotatable bonds is 5. The number of thiophene rings is 2. The normalized spacial score (nSPS) is 10.8. The molecule has 1 amide bonds. The maximum absolute atomic E-state index is 11.6. The average molecular weight is 358 g/mol. The molecule has 0 fully saturated rings. The maximum atomic E-state index is 11.6. The minimum atomic E-state index is -0.544. The molecule has 0 aliphatic heterocycles. The van der Waals surface area contributed by atoms with Crippen LogP contribution in [0.2, 0.25) is 0 Å². The fraction of sp³-hybridized carbons (Fsp3) is 0.188. The van der Waals surface area contributed by atoms with Crippen LogP contribution in [0.5, 0.6) is 0 Å². The number of carbonyl (C=O) groups is 1. The van der Waals surface area contributed by atoms with Crippen LogP contribution in [0, 0.1) is 11.3 Å². The quantitative estimate of drug-likeness (QED) is 0.646. The highest BCUT2D eigenvalue weighted by molar-refractivity contribution is 7.26. The monoisotopic (exact) mass is 358 g/mol. The molecule has 24 heavy (non-hydrogen) atoms. The summed E-state index contributed by atoms with van der Waals surface area (Å²) in [6.07, 6.45) is 2.40. The second-order valence-electron chi connectivity index (χ2n) is 5.15. The zero-order valence-corrected chi connectivity index (χ0v) is 14.2. The van der Waals surface area contributed by atoms with Gasteiger partial charge in [0.15, 0.2) is 0 Å². The molecule has 0 spiro atoms. The van der Waals surface area contributed by atoms with E-state index < -0.39 is 5.91 Å². The van der Waals surface area contributed by atoms with E-state index in [4.69, 9.17) is 16.7 Å². The Labute approximate surface area is 146 Å². The molecule has 6 nitrogen and oxygen atoms in total. The summed E-state index contributed by atoms with van der Waals surface area (Å²) in [5.74, 6) is -0.195. The van der Waals surface area contributed by atoms with Crippen molar-refractivity contribution in [1.82, 2.24) is 4.98 Å². The number of nitrogens with zero attached hydrogens (tertiary/aromatic N) is 2. The zero-order chi connectivity index (χ0) is 17.3. The molecule has 0 bridgehead atoms. The van der Waals surface area contributed by atoms with Crippen molar-refractivity contribution >= 4 is 44.5 Å². The lowest BCUT2D eigenvalue weighted by atomic mass is 10.1. The second kappa shape index (κ2) is 6.57. The molecule has 3 heterocycles. The molecular weight excluding hydrogens is 344 g/mol. The van der Waals surface area contributed by atoms with E-state index in [0.717, 1.165) is 20.2 Å². The standard InChI is InChI=1S/C16H14N4O2S2/c17-3-1-2-8-4-11(23-13(8)7-21)12-5-9-14(24-12)10(16(19)22)6-20-15(9)18/h4-6,21H,1-2,7H2,(H2,18,20)(H2,19,22). The van der Waals surface area contributed by atoms with E-state index in [1.54, 1.807) is 0 Å². The van der Waals surface area contributed by atoms with E-state index in [9.17, 15) is 9.90 Å². The summed E-state index contributed by atoms with van der Waals surface area (Å²) < 4.78 is 0.711. The maximum Gasteiger partial charge on any atom is 0.251 e. The Hall–Kier alpha value is -2.47. The lowest BCUT2D eigenvalue weighted by Gasteiger charge is -1.99. The highest BCUT2D eigenvalue weighted by Gasteiger charge is 2.17. The van der Waals surface area contributed by atoms with Gasteiger partial charge in [-0.1, -0.05) is 0 Å². The summed E-state index contributed by atoms with van der Waals surface area (Å²) >= 11 is 2.89. The van der Waals surface area contributed by atoms with Gasteiger partial charge in [0.25, 0.3) is 5.91 Å². The van der Waals surface area contributed by atoms with Crippen molar-refractivity contribution < 1.29 is 9.90 Å². The van der Waals surface area contributed by atoms with Gasteiger partial charge in [-0.15, -0.1) is 22.7 Å². The van der Waals surface area contributed by atoms with Gasteiger partial charge in [-0.05, 0) is 24.1 Å². The van der Waals surface area contributed by atoms with E-state index in [-0.39, 0.29) is 6.61 Å². The minimum absolute atomic E-state index is 0.0629.